The van der Waals surface area contributed by atoms with Gasteiger partial charge >= 0.3 is 0 Å². The van der Waals surface area contributed by atoms with E-state index in [9.17, 15) is 0 Å². The van der Waals surface area contributed by atoms with Gasteiger partial charge in [0.05, 0.1) is 0 Å². The predicted octanol–water partition coefficient (Wildman–Crippen LogP) is 2.88. The van der Waals surface area contributed by atoms with Gasteiger partial charge in [-0.2, -0.15) is 0 Å². The molecule has 0 radical (unpaired) electrons. The monoisotopic (exact) mass is 270 g/mol. The Labute approximate surface area is 122 Å². The van der Waals surface area contributed by atoms with Crippen molar-refractivity contribution in [2.24, 2.45) is 5.41 Å². The third kappa shape index (κ3) is 2.01. The van der Waals surface area contributed by atoms with E-state index in [-0.39, 0.29) is 0 Å². The zero-order valence-corrected chi connectivity index (χ0v) is 12.4. The topological polar surface area (TPSA) is 24.1 Å². The number of hydrogen-bond acceptors (Lipinski definition) is 2. The summed E-state index contributed by atoms with van der Waals surface area (Å²) in [5.41, 5.74) is 1.96. The van der Waals surface area contributed by atoms with Crippen LogP contribution in [0.25, 0.3) is 0 Å². The molecule has 1 aromatic carbocycles. The van der Waals surface area contributed by atoms with Crippen LogP contribution >= 0.6 is 0 Å². The van der Waals surface area contributed by atoms with Crippen LogP contribution in [0.3, 0.4) is 0 Å². The lowest BCUT2D eigenvalue weighted by atomic mass is 9.70. The second-order valence-electron chi connectivity index (χ2n) is 7.34. The molecular weight excluding hydrogens is 244 g/mol. The molecule has 1 aliphatic carbocycles. The van der Waals surface area contributed by atoms with Crippen LogP contribution in [0.4, 0.5) is 0 Å². The lowest BCUT2D eigenvalue weighted by Gasteiger charge is -2.43. The quantitative estimate of drug-likeness (QED) is 0.863. The molecule has 1 aromatic rings. The third-order valence-corrected chi connectivity index (χ3v) is 6.10. The number of fused-ring (bicyclic) bond motifs is 1. The molecule has 108 valence electrons. The van der Waals surface area contributed by atoms with E-state index in [0.717, 1.165) is 18.5 Å². The normalized spacial score (nSPS) is 43.2. The van der Waals surface area contributed by atoms with Crippen LogP contribution in [-0.4, -0.2) is 24.2 Å². The summed E-state index contributed by atoms with van der Waals surface area (Å²) in [7, 11) is 0. The first-order valence-electron chi connectivity index (χ1n) is 8.32. The molecule has 2 heteroatoms. The number of benzene rings is 1. The lowest BCUT2D eigenvalue weighted by molar-refractivity contribution is 0.144. The van der Waals surface area contributed by atoms with Gasteiger partial charge in [0.1, 0.15) is 0 Å². The maximum absolute atomic E-state index is 4.01. The Kier molecular flexibility index (Phi) is 3.12. The van der Waals surface area contributed by atoms with Gasteiger partial charge in [0, 0.05) is 24.2 Å². The molecule has 2 aliphatic heterocycles. The highest BCUT2D eigenvalue weighted by Crippen LogP contribution is 2.47. The lowest BCUT2D eigenvalue weighted by Crippen LogP contribution is -2.57. The van der Waals surface area contributed by atoms with Gasteiger partial charge in [-0.3, -0.25) is 0 Å². The van der Waals surface area contributed by atoms with Gasteiger partial charge in [-0.15, -0.1) is 0 Å². The van der Waals surface area contributed by atoms with Crippen molar-refractivity contribution in [3.05, 3.63) is 35.9 Å². The predicted molar refractivity (Wildman–Crippen MR) is 82.8 cm³/mol. The van der Waals surface area contributed by atoms with E-state index in [1.807, 2.05) is 0 Å². The van der Waals surface area contributed by atoms with E-state index < -0.39 is 0 Å². The van der Waals surface area contributed by atoms with Crippen molar-refractivity contribution >= 4 is 0 Å². The summed E-state index contributed by atoms with van der Waals surface area (Å²) >= 11 is 0. The molecule has 3 fully saturated rings. The molecule has 3 aliphatic rings. The minimum Gasteiger partial charge on any atom is -0.309 e. The van der Waals surface area contributed by atoms with Gasteiger partial charge in [0.25, 0.3) is 0 Å². The molecule has 5 atom stereocenters. The van der Waals surface area contributed by atoms with Crippen molar-refractivity contribution in [1.29, 1.82) is 0 Å². The Morgan fingerprint density at radius 3 is 2.50 bits per heavy atom. The second kappa shape index (κ2) is 4.85. The van der Waals surface area contributed by atoms with Crippen molar-refractivity contribution < 1.29 is 0 Å². The number of rotatable bonds is 2. The van der Waals surface area contributed by atoms with E-state index in [4.69, 9.17) is 0 Å². The standard InChI is InChI=1S/C18H26N2/c1-18-12-15-14(11-13-7-3-2-4-8-13)19-16(18)9-5-6-10-17(18)20-15/h2-4,7-8,14-17,19-20H,5-6,9-12H2,1H3/t14-,15?,16-,17?,18?/m1/s1. The summed E-state index contributed by atoms with van der Waals surface area (Å²) < 4.78 is 0. The molecule has 1 saturated carbocycles. The minimum absolute atomic E-state index is 0.494. The van der Waals surface area contributed by atoms with Crippen LogP contribution in [0, 0.1) is 5.41 Å². The van der Waals surface area contributed by atoms with E-state index in [1.54, 1.807) is 0 Å². The van der Waals surface area contributed by atoms with Gasteiger partial charge < -0.3 is 10.6 Å². The van der Waals surface area contributed by atoms with Crippen LogP contribution in [0.5, 0.6) is 0 Å². The SMILES string of the molecule is CC12CC3NC1CCCC[C@H]2N[C@@H]3Cc1ccccc1. The third-order valence-electron chi connectivity index (χ3n) is 6.10. The summed E-state index contributed by atoms with van der Waals surface area (Å²) in [4.78, 5) is 0. The van der Waals surface area contributed by atoms with Gasteiger partial charge in [-0.25, -0.2) is 0 Å². The molecule has 2 heterocycles. The summed E-state index contributed by atoms with van der Waals surface area (Å²) in [5.74, 6) is 0. The molecule has 2 saturated heterocycles. The highest BCUT2D eigenvalue weighted by molar-refractivity contribution is 5.20. The summed E-state index contributed by atoms with van der Waals surface area (Å²) in [6.07, 6.45) is 8.08. The fraction of sp³-hybridized carbons (Fsp3) is 0.667. The summed E-state index contributed by atoms with van der Waals surface area (Å²) in [5, 5.41) is 7.99. The molecule has 2 nitrogen and oxygen atoms in total. The molecule has 3 unspecified atom stereocenters. The molecule has 0 aromatic heterocycles. The molecule has 20 heavy (non-hydrogen) atoms. The van der Waals surface area contributed by atoms with Crippen molar-refractivity contribution in [2.45, 2.75) is 69.6 Å². The number of hydrogen-bond donors (Lipinski definition) is 2. The highest BCUT2D eigenvalue weighted by Gasteiger charge is 2.54. The fourth-order valence-corrected chi connectivity index (χ4v) is 4.92. The maximum Gasteiger partial charge on any atom is 0.0264 e. The smallest absolute Gasteiger partial charge is 0.0264 e. The van der Waals surface area contributed by atoms with Crippen molar-refractivity contribution in [3.63, 3.8) is 0 Å². The van der Waals surface area contributed by atoms with E-state index in [0.29, 0.717) is 17.5 Å². The first kappa shape index (κ1) is 12.8. The zero-order chi connectivity index (χ0) is 13.6. The average Bonchev–Trinajstić information content (AvgIpc) is 2.67. The first-order chi connectivity index (χ1) is 9.75. The first-order valence-corrected chi connectivity index (χ1v) is 8.32. The Morgan fingerprint density at radius 1 is 1.05 bits per heavy atom. The summed E-state index contributed by atoms with van der Waals surface area (Å²) in [6.45, 7) is 2.52. The van der Waals surface area contributed by atoms with Crippen molar-refractivity contribution in [2.75, 3.05) is 0 Å². The van der Waals surface area contributed by atoms with E-state index in [2.05, 4.69) is 47.9 Å². The zero-order valence-electron chi connectivity index (χ0n) is 12.4. The minimum atomic E-state index is 0.494. The van der Waals surface area contributed by atoms with E-state index >= 15 is 0 Å². The van der Waals surface area contributed by atoms with Crippen LogP contribution in [0.1, 0.15) is 44.6 Å². The Hall–Kier alpha value is -0.860. The average molecular weight is 270 g/mol. The highest BCUT2D eigenvalue weighted by atomic mass is 15.2. The van der Waals surface area contributed by atoms with Gasteiger partial charge in [-0.05, 0) is 36.7 Å². The van der Waals surface area contributed by atoms with Crippen molar-refractivity contribution in [1.82, 2.24) is 10.6 Å². The largest absolute Gasteiger partial charge is 0.309 e. The number of piperidine rings is 1. The molecule has 2 bridgehead atoms. The molecule has 2 N–H and O–H groups in total. The fourth-order valence-electron chi connectivity index (χ4n) is 4.92. The number of nitrogens with one attached hydrogen (secondary N) is 2. The summed E-state index contributed by atoms with van der Waals surface area (Å²) in [6, 6.07) is 13.7. The molecule has 0 amide bonds. The molecule has 4 rings (SSSR count). The van der Waals surface area contributed by atoms with Crippen molar-refractivity contribution in [3.8, 4) is 0 Å². The van der Waals surface area contributed by atoms with Gasteiger partial charge in [-0.1, -0.05) is 50.1 Å². The molecule has 0 spiro atoms. The van der Waals surface area contributed by atoms with Gasteiger partial charge in [0.2, 0.25) is 0 Å². The van der Waals surface area contributed by atoms with Crippen LogP contribution in [-0.2, 0) is 6.42 Å². The molecular formula is C18H26N2. The van der Waals surface area contributed by atoms with Crippen LogP contribution in [0.2, 0.25) is 0 Å². The Bertz CT molecular complexity index is 472. The second-order valence-corrected chi connectivity index (χ2v) is 7.34. The van der Waals surface area contributed by atoms with Gasteiger partial charge in [0.15, 0.2) is 0 Å². The Morgan fingerprint density at radius 2 is 1.75 bits per heavy atom. The maximum atomic E-state index is 4.01. The van der Waals surface area contributed by atoms with Crippen LogP contribution in [0.15, 0.2) is 30.3 Å². The Balaban J connectivity index is 1.56. The van der Waals surface area contributed by atoms with Crippen LogP contribution < -0.4 is 10.6 Å². The van der Waals surface area contributed by atoms with E-state index in [1.165, 1.54) is 37.7 Å².